The summed E-state index contributed by atoms with van der Waals surface area (Å²) in [6, 6.07) is 14.3. The molecule has 10 heteroatoms. The van der Waals surface area contributed by atoms with Gasteiger partial charge in [0.2, 0.25) is 5.88 Å². The van der Waals surface area contributed by atoms with E-state index >= 15 is 4.39 Å². The Hall–Kier alpha value is -4.60. The molecule has 0 atom stereocenters. The number of nitrogens with zero attached hydrogens (tertiary/aromatic N) is 6. The minimum absolute atomic E-state index is 0.0145. The zero-order valence-corrected chi connectivity index (χ0v) is 16.4. The van der Waals surface area contributed by atoms with Crippen molar-refractivity contribution in [1.29, 1.82) is 0 Å². The molecule has 0 bridgehead atoms. The van der Waals surface area contributed by atoms with E-state index in [1.54, 1.807) is 18.2 Å². The van der Waals surface area contributed by atoms with E-state index in [9.17, 15) is 9.90 Å². The van der Waals surface area contributed by atoms with Crippen molar-refractivity contribution in [3.63, 3.8) is 0 Å². The number of carboxylic acids is 1. The quantitative estimate of drug-likeness (QED) is 0.439. The largest absolute Gasteiger partial charge is 0.492 e. The first-order chi connectivity index (χ1) is 15.5. The number of aromatic nitrogens is 6. The van der Waals surface area contributed by atoms with Crippen molar-refractivity contribution in [3.8, 4) is 23.0 Å². The van der Waals surface area contributed by atoms with Gasteiger partial charge in [-0.3, -0.25) is 4.68 Å². The minimum atomic E-state index is -1.14. The number of carboxylic acid groups (broad SMARTS) is 1. The van der Waals surface area contributed by atoms with E-state index in [0.717, 1.165) is 16.4 Å². The number of hydrogen-bond donors (Lipinski definition) is 2. The first kappa shape index (κ1) is 19.4. The van der Waals surface area contributed by atoms with Crippen LogP contribution in [-0.4, -0.2) is 45.7 Å². The summed E-state index contributed by atoms with van der Waals surface area (Å²) in [5.41, 5.74) is 2.10. The van der Waals surface area contributed by atoms with Crippen LogP contribution in [0.5, 0.6) is 5.88 Å². The number of carbonyl (C=O) groups is 1. The fourth-order valence-electron chi connectivity index (χ4n) is 3.44. The average molecular weight is 430 g/mol. The predicted octanol–water partition coefficient (Wildman–Crippen LogP) is 3.27. The Kier molecular flexibility index (Phi) is 4.59. The molecule has 0 aliphatic carbocycles. The smallest absolute Gasteiger partial charge is 0.338 e. The van der Waals surface area contributed by atoms with Crippen molar-refractivity contribution in [2.24, 2.45) is 0 Å². The molecule has 0 spiro atoms. The lowest BCUT2D eigenvalue weighted by atomic mass is 10.0. The van der Waals surface area contributed by atoms with Crippen LogP contribution in [-0.2, 0) is 6.54 Å². The van der Waals surface area contributed by atoms with Gasteiger partial charge in [0.25, 0.3) is 5.95 Å². The van der Waals surface area contributed by atoms with E-state index in [4.69, 9.17) is 5.11 Å². The first-order valence-corrected chi connectivity index (χ1v) is 9.55. The summed E-state index contributed by atoms with van der Waals surface area (Å²) in [6.07, 6.45) is 3.80. The molecule has 32 heavy (non-hydrogen) atoms. The Morgan fingerprint density at radius 3 is 2.56 bits per heavy atom. The van der Waals surface area contributed by atoms with E-state index < -0.39 is 5.97 Å². The van der Waals surface area contributed by atoms with Crippen LogP contribution in [0.2, 0.25) is 0 Å². The Labute approximate surface area is 180 Å². The molecule has 0 aliphatic rings. The van der Waals surface area contributed by atoms with Gasteiger partial charge in [-0.05, 0) is 5.56 Å². The number of aromatic carboxylic acids is 1. The van der Waals surface area contributed by atoms with Crippen molar-refractivity contribution in [2.45, 2.75) is 6.54 Å². The summed E-state index contributed by atoms with van der Waals surface area (Å²) in [5.74, 6) is -1.92. The maximum Gasteiger partial charge on any atom is 0.338 e. The average Bonchev–Trinajstić information content (AvgIpc) is 3.44. The van der Waals surface area contributed by atoms with Crippen molar-refractivity contribution in [2.75, 3.05) is 0 Å². The molecule has 0 fully saturated rings. The third kappa shape index (κ3) is 3.33. The molecule has 0 saturated heterocycles. The number of benzene rings is 2. The van der Waals surface area contributed by atoms with Crippen LogP contribution in [0.25, 0.3) is 28.1 Å². The molecule has 2 N–H and O–H groups in total. The zero-order chi connectivity index (χ0) is 22.2. The van der Waals surface area contributed by atoms with Gasteiger partial charge in [0, 0.05) is 17.3 Å². The summed E-state index contributed by atoms with van der Waals surface area (Å²) in [4.78, 5) is 19.3. The first-order valence-electron chi connectivity index (χ1n) is 9.55. The number of fused-ring (bicyclic) bond motifs is 1. The third-order valence-electron chi connectivity index (χ3n) is 4.98. The Balaban J connectivity index is 1.52. The molecule has 0 amide bonds. The second-order valence-electron chi connectivity index (χ2n) is 7.01. The second kappa shape index (κ2) is 7.58. The number of hydrogen-bond acceptors (Lipinski definition) is 6. The highest BCUT2D eigenvalue weighted by molar-refractivity contribution is 5.87. The molecule has 5 aromatic rings. The van der Waals surface area contributed by atoms with Gasteiger partial charge < -0.3 is 10.2 Å². The molecule has 9 nitrogen and oxygen atoms in total. The standard InChI is InChI=1S/C22H15FN6O3/c23-18-14(7-4-8-16(18)13-5-2-1-3-6-13)11-28-19-17(10-25-28)26-22(27-20(19)30)29-12-15(9-24-29)21(31)32/h1-10,12H,11H2,(H,31,32)(H,26,27,30). The van der Waals surface area contributed by atoms with Gasteiger partial charge in [-0.2, -0.15) is 15.2 Å². The van der Waals surface area contributed by atoms with E-state index in [2.05, 4.69) is 20.2 Å². The topological polar surface area (TPSA) is 119 Å². The van der Waals surface area contributed by atoms with Gasteiger partial charge in [-0.15, -0.1) is 0 Å². The molecular formula is C22H15FN6O3. The number of rotatable bonds is 5. The van der Waals surface area contributed by atoms with Gasteiger partial charge in [-0.1, -0.05) is 48.5 Å². The summed E-state index contributed by atoms with van der Waals surface area (Å²) in [5, 5.41) is 27.7. The fraction of sp³-hybridized carbons (Fsp3) is 0.0455. The van der Waals surface area contributed by atoms with Crippen molar-refractivity contribution >= 4 is 17.0 Å². The zero-order valence-electron chi connectivity index (χ0n) is 16.4. The lowest BCUT2D eigenvalue weighted by Crippen LogP contribution is -2.06. The molecule has 158 valence electrons. The molecule has 3 aromatic heterocycles. The van der Waals surface area contributed by atoms with Gasteiger partial charge in [-0.25, -0.2) is 18.9 Å². The van der Waals surface area contributed by atoms with Crippen molar-refractivity contribution in [1.82, 2.24) is 29.5 Å². The number of aromatic hydroxyl groups is 1. The van der Waals surface area contributed by atoms with E-state index in [1.807, 2.05) is 30.3 Å². The van der Waals surface area contributed by atoms with Gasteiger partial charge in [0.15, 0.2) is 0 Å². The molecule has 0 radical (unpaired) electrons. The van der Waals surface area contributed by atoms with Crippen LogP contribution in [0.15, 0.2) is 67.1 Å². The van der Waals surface area contributed by atoms with Gasteiger partial charge >= 0.3 is 5.97 Å². The molecule has 0 aliphatic heterocycles. The summed E-state index contributed by atoms with van der Waals surface area (Å²) >= 11 is 0. The van der Waals surface area contributed by atoms with E-state index in [1.165, 1.54) is 17.1 Å². The molecule has 0 unspecified atom stereocenters. The Morgan fingerprint density at radius 2 is 1.81 bits per heavy atom. The SMILES string of the molecule is O=C(O)c1cnn(-c2nc(O)c3c(cnn3Cc3cccc(-c4ccccc4)c3F)n2)c1. The van der Waals surface area contributed by atoms with Crippen LogP contribution in [0, 0.1) is 5.82 Å². The normalized spacial score (nSPS) is 11.2. The monoisotopic (exact) mass is 430 g/mol. The van der Waals surface area contributed by atoms with Crippen molar-refractivity contribution in [3.05, 3.63) is 84.1 Å². The maximum absolute atomic E-state index is 15.2. The van der Waals surface area contributed by atoms with Crippen LogP contribution in [0.3, 0.4) is 0 Å². The predicted molar refractivity (Wildman–Crippen MR) is 112 cm³/mol. The minimum Gasteiger partial charge on any atom is -0.492 e. The molecule has 2 aromatic carbocycles. The Morgan fingerprint density at radius 1 is 1.00 bits per heavy atom. The van der Waals surface area contributed by atoms with Crippen molar-refractivity contribution < 1.29 is 19.4 Å². The highest BCUT2D eigenvalue weighted by Gasteiger charge is 2.17. The summed E-state index contributed by atoms with van der Waals surface area (Å²) < 4.78 is 17.8. The van der Waals surface area contributed by atoms with Crippen LogP contribution >= 0.6 is 0 Å². The summed E-state index contributed by atoms with van der Waals surface area (Å²) in [7, 11) is 0. The molecule has 5 rings (SSSR count). The highest BCUT2D eigenvalue weighted by Crippen LogP contribution is 2.27. The van der Waals surface area contributed by atoms with E-state index in [0.29, 0.717) is 16.6 Å². The summed E-state index contributed by atoms with van der Waals surface area (Å²) in [6.45, 7) is 0.0528. The Bertz CT molecular complexity index is 1460. The second-order valence-corrected chi connectivity index (χ2v) is 7.01. The van der Waals surface area contributed by atoms with E-state index in [-0.39, 0.29) is 35.3 Å². The lowest BCUT2D eigenvalue weighted by Gasteiger charge is -2.10. The lowest BCUT2D eigenvalue weighted by molar-refractivity contribution is 0.0697. The number of halogens is 1. The third-order valence-corrected chi connectivity index (χ3v) is 4.98. The fourth-order valence-corrected chi connectivity index (χ4v) is 3.44. The van der Waals surface area contributed by atoms with Crippen LogP contribution < -0.4 is 0 Å². The maximum atomic E-state index is 15.2. The van der Waals surface area contributed by atoms with Gasteiger partial charge in [0.05, 0.1) is 24.5 Å². The molecular weight excluding hydrogens is 415 g/mol. The van der Waals surface area contributed by atoms with Crippen LogP contribution in [0.1, 0.15) is 15.9 Å². The molecule has 3 heterocycles. The van der Waals surface area contributed by atoms with Gasteiger partial charge in [0.1, 0.15) is 16.9 Å². The highest BCUT2D eigenvalue weighted by atomic mass is 19.1. The molecule has 0 saturated carbocycles. The van der Waals surface area contributed by atoms with Crippen LogP contribution in [0.4, 0.5) is 4.39 Å².